The van der Waals surface area contributed by atoms with Crippen LogP contribution in [0.1, 0.15) is 40.7 Å². The molecule has 0 unspecified atom stereocenters. The van der Waals surface area contributed by atoms with E-state index in [0.717, 1.165) is 41.1 Å². The van der Waals surface area contributed by atoms with Gasteiger partial charge in [0.1, 0.15) is 11.5 Å². The fourth-order valence-corrected chi connectivity index (χ4v) is 2.91. The SMILES string of the molecule is C=C(C)c1ccc(CCc2oc3c(c(=O)c2C)C=CC=CC3)cc1. The van der Waals surface area contributed by atoms with Crippen LogP contribution in [0.15, 0.2) is 58.3 Å². The van der Waals surface area contributed by atoms with Crippen LogP contribution in [0, 0.1) is 6.92 Å². The van der Waals surface area contributed by atoms with E-state index >= 15 is 0 Å². The normalized spacial score (nSPS) is 12.8. The minimum atomic E-state index is 0.0869. The van der Waals surface area contributed by atoms with Crippen LogP contribution in [0.3, 0.4) is 0 Å². The lowest BCUT2D eigenvalue weighted by molar-refractivity contribution is 0.448. The van der Waals surface area contributed by atoms with Crippen molar-refractivity contribution in [3.8, 4) is 0 Å². The lowest BCUT2D eigenvalue weighted by atomic mass is 10.0. The van der Waals surface area contributed by atoms with Gasteiger partial charge in [-0.1, -0.05) is 54.6 Å². The van der Waals surface area contributed by atoms with Gasteiger partial charge in [-0.2, -0.15) is 0 Å². The predicted octanol–water partition coefficient (Wildman–Crippen LogP) is 4.89. The Morgan fingerprint density at radius 2 is 1.92 bits per heavy atom. The summed E-state index contributed by atoms with van der Waals surface area (Å²) in [5, 5.41) is 0. The molecule has 0 N–H and O–H groups in total. The lowest BCUT2D eigenvalue weighted by Gasteiger charge is -2.10. The number of rotatable bonds is 4. The Bertz CT molecular complexity index is 877. The Hall–Kier alpha value is -2.61. The molecule has 0 saturated heterocycles. The van der Waals surface area contributed by atoms with Crippen LogP contribution in [-0.2, 0) is 19.3 Å². The summed E-state index contributed by atoms with van der Waals surface area (Å²) in [6, 6.07) is 8.42. The Morgan fingerprint density at radius 3 is 2.62 bits per heavy atom. The number of aryl methyl sites for hydroxylation is 2. The first-order valence-electron chi connectivity index (χ1n) is 8.29. The first-order chi connectivity index (χ1) is 11.6. The maximum absolute atomic E-state index is 12.6. The molecule has 1 aromatic carbocycles. The predicted molar refractivity (Wildman–Crippen MR) is 100 cm³/mol. The molecule has 1 heterocycles. The zero-order chi connectivity index (χ0) is 17.1. The standard InChI is InChI=1S/C22H22O2/c1-15(2)18-12-9-17(10-13-18)11-14-20-16(3)22(23)19-7-5-4-6-8-21(19)24-20/h4-7,9-10,12-13H,1,8,11,14H2,2-3H3. The molecule has 1 aliphatic rings. The number of allylic oxidation sites excluding steroid dienone is 4. The van der Waals surface area contributed by atoms with Crippen molar-refractivity contribution in [3.63, 3.8) is 0 Å². The second-order valence-corrected chi connectivity index (χ2v) is 6.28. The fraction of sp³-hybridized carbons (Fsp3) is 0.227. The first-order valence-corrected chi connectivity index (χ1v) is 8.29. The van der Waals surface area contributed by atoms with E-state index in [1.165, 1.54) is 5.56 Å². The van der Waals surface area contributed by atoms with Crippen LogP contribution >= 0.6 is 0 Å². The van der Waals surface area contributed by atoms with Gasteiger partial charge in [-0.25, -0.2) is 0 Å². The largest absolute Gasteiger partial charge is 0.465 e. The minimum Gasteiger partial charge on any atom is -0.465 e. The molecule has 0 radical (unpaired) electrons. The Balaban J connectivity index is 1.83. The number of fused-ring (bicyclic) bond motifs is 1. The molecule has 2 nitrogen and oxygen atoms in total. The van der Waals surface area contributed by atoms with E-state index in [4.69, 9.17) is 4.42 Å². The second-order valence-electron chi connectivity index (χ2n) is 6.28. The van der Waals surface area contributed by atoms with E-state index in [2.05, 4.69) is 30.8 Å². The van der Waals surface area contributed by atoms with Gasteiger partial charge in [-0.15, -0.1) is 0 Å². The molecule has 0 fully saturated rings. The van der Waals surface area contributed by atoms with E-state index in [-0.39, 0.29) is 5.43 Å². The van der Waals surface area contributed by atoms with Gasteiger partial charge in [-0.05, 0) is 37.5 Å². The number of benzene rings is 1. The smallest absolute Gasteiger partial charge is 0.195 e. The van der Waals surface area contributed by atoms with Crippen LogP contribution in [0.5, 0.6) is 0 Å². The van der Waals surface area contributed by atoms with Gasteiger partial charge in [-0.3, -0.25) is 4.79 Å². The maximum Gasteiger partial charge on any atom is 0.195 e. The van der Waals surface area contributed by atoms with Crippen molar-refractivity contribution in [1.82, 2.24) is 0 Å². The summed E-state index contributed by atoms with van der Waals surface area (Å²) in [5.74, 6) is 1.56. The van der Waals surface area contributed by atoms with Crippen molar-refractivity contribution in [1.29, 1.82) is 0 Å². The van der Waals surface area contributed by atoms with Gasteiger partial charge in [0.05, 0.1) is 5.56 Å². The zero-order valence-electron chi connectivity index (χ0n) is 14.3. The number of hydrogen-bond acceptors (Lipinski definition) is 2. The molecule has 0 atom stereocenters. The first kappa shape index (κ1) is 16.3. The van der Waals surface area contributed by atoms with Crippen LogP contribution in [0.25, 0.3) is 11.6 Å². The van der Waals surface area contributed by atoms with Crippen molar-refractivity contribution < 1.29 is 4.42 Å². The summed E-state index contributed by atoms with van der Waals surface area (Å²) < 4.78 is 6.06. The van der Waals surface area contributed by atoms with E-state index in [1.54, 1.807) is 0 Å². The highest BCUT2D eigenvalue weighted by Gasteiger charge is 2.15. The highest BCUT2D eigenvalue weighted by atomic mass is 16.3. The van der Waals surface area contributed by atoms with Gasteiger partial charge in [0.2, 0.25) is 0 Å². The van der Waals surface area contributed by atoms with Gasteiger partial charge in [0, 0.05) is 18.4 Å². The molecular weight excluding hydrogens is 296 g/mol. The molecule has 0 bridgehead atoms. The zero-order valence-corrected chi connectivity index (χ0v) is 14.3. The third kappa shape index (κ3) is 3.33. The van der Waals surface area contributed by atoms with Crippen LogP contribution in [0.4, 0.5) is 0 Å². The molecule has 1 aromatic heterocycles. The highest BCUT2D eigenvalue weighted by molar-refractivity contribution is 5.61. The van der Waals surface area contributed by atoms with Gasteiger partial charge < -0.3 is 4.42 Å². The quantitative estimate of drug-likeness (QED) is 0.803. The van der Waals surface area contributed by atoms with Crippen molar-refractivity contribution >= 4 is 11.6 Å². The molecule has 3 rings (SSSR count). The van der Waals surface area contributed by atoms with Crippen LogP contribution in [-0.4, -0.2) is 0 Å². The van der Waals surface area contributed by atoms with E-state index in [9.17, 15) is 4.79 Å². The van der Waals surface area contributed by atoms with Crippen LogP contribution < -0.4 is 5.43 Å². The maximum atomic E-state index is 12.6. The van der Waals surface area contributed by atoms with Crippen molar-refractivity contribution in [2.24, 2.45) is 0 Å². The summed E-state index contributed by atoms with van der Waals surface area (Å²) in [6.07, 6.45) is 9.95. The summed E-state index contributed by atoms with van der Waals surface area (Å²) in [4.78, 5) is 12.6. The molecule has 1 aliphatic carbocycles. The number of hydrogen-bond donors (Lipinski definition) is 0. The van der Waals surface area contributed by atoms with Crippen molar-refractivity contribution in [2.75, 3.05) is 0 Å². The molecule has 0 amide bonds. The molecule has 2 aromatic rings. The molecule has 2 heteroatoms. The molecular formula is C22H22O2. The monoisotopic (exact) mass is 318 g/mol. The fourth-order valence-electron chi connectivity index (χ4n) is 2.91. The van der Waals surface area contributed by atoms with E-state index in [1.807, 2.05) is 38.2 Å². The summed E-state index contributed by atoms with van der Waals surface area (Å²) in [6.45, 7) is 7.82. The molecule has 122 valence electrons. The molecule has 0 saturated carbocycles. The Kier molecular flexibility index (Phi) is 4.66. The van der Waals surface area contributed by atoms with E-state index < -0.39 is 0 Å². The van der Waals surface area contributed by atoms with Gasteiger partial charge in [0.15, 0.2) is 5.43 Å². The summed E-state index contributed by atoms with van der Waals surface area (Å²) >= 11 is 0. The Morgan fingerprint density at radius 1 is 1.17 bits per heavy atom. The van der Waals surface area contributed by atoms with E-state index in [0.29, 0.717) is 12.0 Å². The Labute approximate surface area is 142 Å². The van der Waals surface area contributed by atoms with Crippen LogP contribution in [0.2, 0.25) is 0 Å². The molecule has 0 spiro atoms. The summed E-state index contributed by atoms with van der Waals surface area (Å²) in [7, 11) is 0. The van der Waals surface area contributed by atoms with Gasteiger partial charge >= 0.3 is 0 Å². The second kappa shape index (κ2) is 6.88. The molecule has 0 aliphatic heterocycles. The average molecular weight is 318 g/mol. The topological polar surface area (TPSA) is 30.2 Å². The minimum absolute atomic E-state index is 0.0869. The third-order valence-electron chi connectivity index (χ3n) is 4.45. The van der Waals surface area contributed by atoms with Crippen molar-refractivity contribution in [2.45, 2.75) is 33.1 Å². The highest BCUT2D eigenvalue weighted by Crippen LogP contribution is 2.19. The summed E-state index contributed by atoms with van der Waals surface area (Å²) in [5.41, 5.74) is 4.95. The lowest BCUT2D eigenvalue weighted by Crippen LogP contribution is -2.15. The third-order valence-corrected chi connectivity index (χ3v) is 4.45. The van der Waals surface area contributed by atoms with Crippen molar-refractivity contribution in [3.05, 3.63) is 93.1 Å². The average Bonchev–Trinajstić information content (AvgIpc) is 2.82. The van der Waals surface area contributed by atoms with Gasteiger partial charge in [0.25, 0.3) is 0 Å². The molecule has 24 heavy (non-hydrogen) atoms.